The van der Waals surface area contributed by atoms with Gasteiger partial charge in [0.1, 0.15) is 5.84 Å². The number of nitrogens with one attached hydrogen (secondary N) is 2. The number of piperidine rings is 1. The van der Waals surface area contributed by atoms with E-state index in [1.54, 1.807) is 4.90 Å². The molecule has 1 unspecified atom stereocenters. The summed E-state index contributed by atoms with van der Waals surface area (Å²) in [5.41, 5.74) is 2.28. The lowest BCUT2D eigenvalue weighted by molar-refractivity contribution is -0.152. The largest absolute Gasteiger partial charge is 0.475 e. The molecule has 2 aliphatic heterocycles. The lowest BCUT2D eigenvalue weighted by atomic mass is 9.92. The number of aliphatic carboxylic acids is 1. The van der Waals surface area contributed by atoms with Gasteiger partial charge in [0.2, 0.25) is 11.9 Å². The number of amides is 1. The van der Waals surface area contributed by atoms with Crippen LogP contribution in [-0.4, -0.2) is 65.0 Å². The second-order valence-electron chi connectivity index (χ2n) is 7.48. The van der Waals surface area contributed by atoms with Gasteiger partial charge in [0.15, 0.2) is 0 Å². The first kappa shape index (κ1) is 21.5. The Kier molecular flexibility index (Phi) is 6.81. The number of carboxylic acids is 1. The standard InChI is InChI=1S/C21H26N4O5/c1-2-9-23-19(22)15-5-3-13(4-6-15)16-12-17(30-24-16)20(27)25-10-7-14(8-11-25)18(26)21(28)29/h3-6,14,17H,2,7-12H2,1H3,(H2,22,23)(H,28,29). The van der Waals surface area contributed by atoms with Gasteiger partial charge in [-0.1, -0.05) is 36.3 Å². The van der Waals surface area contributed by atoms with E-state index in [-0.39, 0.29) is 5.91 Å². The van der Waals surface area contributed by atoms with Crippen molar-refractivity contribution in [3.63, 3.8) is 0 Å². The Labute approximate surface area is 174 Å². The topological polar surface area (TPSA) is 132 Å². The van der Waals surface area contributed by atoms with Crippen molar-refractivity contribution in [2.75, 3.05) is 19.6 Å². The number of oxime groups is 1. The molecule has 3 N–H and O–H groups in total. The summed E-state index contributed by atoms with van der Waals surface area (Å²) in [6.45, 7) is 3.45. The molecule has 9 nitrogen and oxygen atoms in total. The zero-order valence-electron chi connectivity index (χ0n) is 16.9. The third kappa shape index (κ3) is 4.84. The summed E-state index contributed by atoms with van der Waals surface area (Å²) < 4.78 is 0. The minimum Gasteiger partial charge on any atom is -0.475 e. The molecular formula is C21H26N4O5. The molecular weight excluding hydrogens is 388 g/mol. The fraction of sp³-hybridized carbons (Fsp3) is 0.476. The van der Waals surface area contributed by atoms with Crippen molar-refractivity contribution < 1.29 is 24.3 Å². The second kappa shape index (κ2) is 9.51. The predicted octanol–water partition coefficient (Wildman–Crippen LogP) is 1.40. The lowest BCUT2D eigenvalue weighted by Gasteiger charge is -2.31. The highest BCUT2D eigenvalue weighted by Crippen LogP contribution is 2.23. The number of Topliss-reactive ketones (excluding diaryl/α,β-unsaturated/α-hetero) is 1. The van der Waals surface area contributed by atoms with Gasteiger partial charge >= 0.3 is 5.97 Å². The van der Waals surface area contributed by atoms with Crippen LogP contribution in [0.4, 0.5) is 0 Å². The maximum atomic E-state index is 12.7. The Morgan fingerprint density at radius 3 is 2.50 bits per heavy atom. The summed E-state index contributed by atoms with van der Waals surface area (Å²) >= 11 is 0. The molecule has 2 heterocycles. The molecule has 0 spiro atoms. The average molecular weight is 414 g/mol. The molecule has 0 radical (unpaired) electrons. The van der Waals surface area contributed by atoms with Crippen LogP contribution in [0.15, 0.2) is 29.4 Å². The summed E-state index contributed by atoms with van der Waals surface area (Å²) in [5, 5.41) is 23.9. The van der Waals surface area contributed by atoms with Crippen LogP contribution in [-0.2, 0) is 19.2 Å². The third-order valence-corrected chi connectivity index (χ3v) is 5.39. The van der Waals surface area contributed by atoms with Crippen molar-refractivity contribution in [2.24, 2.45) is 11.1 Å². The SMILES string of the molecule is CCCNC(=N)c1ccc(C2=NOC(C(=O)N3CCC(C(=O)C(=O)O)CC3)C2)cc1. The van der Waals surface area contributed by atoms with Gasteiger partial charge in [-0.15, -0.1) is 0 Å². The summed E-state index contributed by atoms with van der Waals surface area (Å²) in [5.74, 6) is -2.57. The number of carbonyl (C=O) groups excluding carboxylic acids is 2. The molecule has 0 aliphatic carbocycles. The molecule has 1 aromatic carbocycles. The maximum absolute atomic E-state index is 12.7. The molecule has 2 aliphatic rings. The van der Waals surface area contributed by atoms with Gasteiger partial charge in [-0.25, -0.2) is 4.79 Å². The molecule has 1 atom stereocenters. The number of rotatable bonds is 7. The van der Waals surface area contributed by atoms with Crippen LogP contribution in [0.3, 0.4) is 0 Å². The Morgan fingerprint density at radius 2 is 1.90 bits per heavy atom. The van der Waals surface area contributed by atoms with Gasteiger partial charge in [0, 0.05) is 37.5 Å². The zero-order valence-corrected chi connectivity index (χ0v) is 16.9. The third-order valence-electron chi connectivity index (χ3n) is 5.39. The minimum absolute atomic E-state index is 0.197. The van der Waals surface area contributed by atoms with Gasteiger partial charge in [0.25, 0.3) is 5.91 Å². The van der Waals surface area contributed by atoms with E-state index in [4.69, 9.17) is 15.4 Å². The number of benzene rings is 1. The van der Waals surface area contributed by atoms with Gasteiger partial charge in [0.05, 0.1) is 5.71 Å². The number of nitrogens with zero attached hydrogens (tertiary/aromatic N) is 2. The van der Waals surface area contributed by atoms with Gasteiger partial charge in [-0.2, -0.15) is 0 Å². The Hall–Kier alpha value is -3.23. The molecule has 9 heteroatoms. The molecule has 1 aromatic rings. The van der Waals surface area contributed by atoms with E-state index in [0.717, 1.165) is 24.1 Å². The van der Waals surface area contributed by atoms with Crippen molar-refractivity contribution in [1.29, 1.82) is 5.41 Å². The summed E-state index contributed by atoms with van der Waals surface area (Å²) in [6.07, 6.45) is 1.26. The van der Waals surface area contributed by atoms with E-state index in [9.17, 15) is 14.4 Å². The van der Waals surface area contributed by atoms with Crippen LogP contribution in [0.5, 0.6) is 0 Å². The summed E-state index contributed by atoms with van der Waals surface area (Å²) in [6, 6.07) is 7.38. The normalized spacial score (nSPS) is 19.0. The quantitative estimate of drug-likeness (QED) is 0.351. The number of amidine groups is 1. The maximum Gasteiger partial charge on any atom is 0.372 e. The van der Waals surface area contributed by atoms with Crippen LogP contribution in [0, 0.1) is 11.3 Å². The van der Waals surface area contributed by atoms with Crippen molar-refractivity contribution in [3.05, 3.63) is 35.4 Å². The van der Waals surface area contributed by atoms with Gasteiger partial charge in [-0.3, -0.25) is 15.0 Å². The van der Waals surface area contributed by atoms with E-state index in [1.807, 2.05) is 31.2 Å². The monoisotopic (exact) mass is 414 g/mol. The second-order valence-corrected chi connectivity index (χ2v) is 7.48. The smallest absolute Gasteiger partial charge is 0.372 e. The average Bonchev–Trinajstić information content (AvgIpc) is 3.27. The number of likely N-dealkylation sites (tertiary alicyclic amines) is 1. The molecule has 1 fully saturated rings. The predicted molar refractivity (Wildman–Crippen MR) is 110 cm³/mol. The molecule has 0 aromatic heterocycles. The van der Waals surface area contributed by atoms with Crippen LogP contribution >= 0.6 is 0 Å². The van der Waals surface area contributed by atoms with Gasteiger partial charge in [-0.05, 0) is 24.8 Å². The van der Waals surface area contributed by atoms with Crippen LogP contribution in [0.2, 0.25) is 0 Å². The van der Waals surface area contributed by atoms with Crippen molar-refractivity contribution in [3.8, 4) is 0 Å². The molecule has 1 amide bonds. The zero-order chi connectivity index (χ0) is 21.7. The highest BCUT2D eigenvalue weighted by Gasteiger charge is 2.36. The van der Waals surface area contributed by atoms with E-state index >= 15 is 0 Å². The highest BCUT2D eigenvalue weighted by molar-refractivity contribution is 6.33. The number of carboxylic acid groups (broad SMARTS) is 1. The van der Waals surface area contributed by atoms with Crippen molar-refractivity contribution in [1.82, 2.24) is 10.2 Å². The van der Waals surface area contributed by atoms with E-state index < -0.39 is 23.8 Å². The van der Waals surface area contributed by atoms with E-state index in [1.165, 1.54) is 0 Å². The molecule has 30 heavy (non-hydrogen) atoms. The van der Waals surface area contributed by atoms with Crippen LogP contribution < -0.4 is 5.32 Å². The van der Waals surface area contributed by atoms with Crippen molar-refractivity contribution >= 4 is 29.2 Å². The minimum atomic E-state index is -1.42. The fourth-order valence-corrected chi connectivity index (χ4v) is 3.60. The van der Waals surface area contributed by atoms with Gasteiger partial charge < -0.3 is 20.2 Å². The first-order valence-electron chi connectivity index (χ1n) is 10.1. The Morgan fingerprint density at radius 1 is 1.23 bits per heavy atom. The Bertz CT molecular complexity index is 857. The molecule has 0 saturated carbocycles. The summed E-state index contributed by atoms with van der Waals surface area (Å²) in [7, 11) is 0. The van der Waals surface area contributed by atoms with Crippen molar-refractivity contribution in [2.45, 2.75) is 38.7 Å². The molecule has 1 saturated heterocycles. The number of hydrogen-bond donors (Lipinski definition) is 3. The number of carbonyl (C=O) groups is 3. The molecule has 0 bridgehead atoms. The molecule has 3 rings (SSSR count). The number of ketones is 1. The van der Waals surface area contributed by atoms with E-state index in [0.29, 0.717) is 43.9 Å². The first-order valence-corrected chi connectivity index (χ1v) is 10.1. The highest BCUT2D eigenvalue weighted by atomic mass is 16.6. The number of hydrogen-bond acceptors (Lipinski definition) is 6. The van der Waals surface area contributed by atoms with E-state index in [2.05, 4.69) is 10.5 Å². The fourth-order valence-electron chi connectivity index (χ4n) is 3.60. The Balaban J connectivity index is 1.52. The van der Waals surface area contributed by atoms with Crippen LogP contribution in [0.25, 0.3) is 0 Å². The molecule has 160 valence electrons. The van der Waals surface area contributed by atoms with Crippen LogP contribution in [0.1, 0.15) is 43.7 Å². The first-order chi connectivity index (χ1) is 14.4. The lowest BCUT2D eigenvalue weighted by Crippen LogP contribution is -2.45. The summed E-state index contributed by atoms with van der Waals surface area (Å²) in [4.78, 5) is 42.1.